The summed E-state index contributed by atoms with van der Waals surface area (Å²) in [5, 5.41) is 29.6. The van der Waals surface area contributed by atoms with Gasteiger partial charge in [-0.1, -0.05) is 57.2 Å². The zero-order chi connectivity index (χ0) is 21.4. The van der Waals surface area contributed by atoms with Gasteiger partial charge in [-0.3, -0.25) is 0 Å². The smallest absolute Gasteiger partial charge is 0.157 e. The maximum Gasteiger partial charge on any atom is 0.157 e. The van der Waals surface area contributed by atoms with Crippen molar-refractivity contribution in [3.63, 3.8) is 0 Å². The lowest BCUT2D eigenvalue weighted by Gasteiger charge is -2.20. The SMILES string of the molecule is CC/C(=C\C=C\C(O)(CC)CC)c1cccc(OC(C)c2ccc(O)c(O)c2)c1. The Hall–Kier alpha value is -2.72. The zero-order valence-corrected chi connectivity index (χ0v) is 17.7. The number of hydrogen-bond acceptors (Lipinski definition) is 4. The Morgan fingerprint density at radius 3 is 2.38 bits per heavy atom. The van der Waals surface area contributed by atoms with Crippen LogP contribution in [0.15, 0.2) is 60.7 Å². The quantitative estimate of drug-likeness (QED) is 0.352. The van der Waals surface area contributed by atoms with Gasteiger partial charge in [0.2, 0.25) is 0 Å². The molecule has 0 fully saturated rings. The fraction of sp³-hybridized carbons (Fsp3) is 0.360. The molecule has 0 aromatic heterocycles. The van der Waals surface area contributed by atoms with Crippen LogP contribution in [-0.4, -0.2) is 20.9 Å². The standard InChI is InChI=1S/C25H32O4/c1-5-19(11-9-15-25(28,6-2)7-3)21-10-8-12-22(16-21)29-18(4)20-13-14-23(26)24(27)17-20/h8-18,26-28H,5-7H2,1-4H3/b15-9+,19-11+. The van der Waals surface area contributed by atoms with Gasteiger partial charge in [-0.2, -0.15) is 0 Å². The first-order valence-electron chi connectivity index (χ1n) is 10.2. The fourth-order valence-electron chi connectivity index (χ4n) is 3.08. The van der Waals surface area contributed by atoms with E-state index in [1.165, 1.54) is 12.1 Å². The summed E-state index contributed by atoms with van der Waals surface area (Å²) in [7, 11) is 0. The molecule has 0 amide bonds. The molecule has 3 N–H and O–H groups in total. The van der Waals surface area contributed by atoms with Gasteiger partial charge in [-0.15, -0.1) is 0 Å². The van der Waals surface area contributed by atoms with Crippen molar-refractivity contribution < 1.29 is 20.1 Å². The van der Waals surface area contributed by atoms with Gasteiger partial charge in [0.1, 0.15) is 11.9 Å². The summed E-state index contributed by atoms with van der Waals surface area (Å²) in [5.74, 6) is 0.421. The van der Waals surface area contributed by atoms with E-state index in [1.807, 2.05) is 63.3 Å². The number of phenols is 2. The van der Waals surface area contributed by atoms with Gasteiger partial charge in [0.05, 0.1) is 5.60 Å². The highest BCUT2D eigenvalue weighted by molar-refractivity contribution is 5.68. The van der Waals surface area contributed by atoms with Crippen molar-refractivity contribution >= 4 is 5.57 Å². The second-order valence-electron chi connectivity index (χ2n) is 7.25. The second kappa shape index (κ2) is 10.2. The van der Waals surface area contributed by atoms with Gasteiger partial charge in [0.15, 0.2) is 11.5 Å². The number of allylic oxidation sites excluding steroid dienone is 3. The normalized spacial score (nSPS) is 13.6. The van der Waals surface area contributed by atoms with Crippen molar-refractivity contribution in [3.8, 4) is 17.2 Å². The van der Waals surface area contributed by atoms with Crippen LogP contribution >= 0.6 is 0 Å². The minimum Gasteiger partial charge on any atom is -0.504 e. The fourth-order valence-corrected chi connectivity index (χ4v) is 3.08. The Morgan fingerprint density at radius 1 is 1.03 bits per heavy atom. The van der Waals surface area contributed by atoms with Crippen LogP contribution in [0.4, 0.5) is 0 Å². The summed E-state index contributed by atoms with van der Waals surface area (Å²) in [5.41, 5.74) is 2.23. The van der Waals surface area contributed by atoms with Crippen LogP contribution < -0.4 is 4.74 Å². The van der Waals surface area contributed by atoms with E-state index in [4.69, 9.17) is 4.74 Å². The van der Waals surface area contributed by atoms with Gasteiger partial charge in [0, 0.05) is 0 Å². The van der Waals surface area contributed by atoms with Gasteiger partial charge < -0.3 is 20.1 Å². The Labute approximate surface area is 173 Å². The number of phenolic OH excluding ortho intramolecular Hbond substituents is 2. The average Bonchev–Trinajstić information content (AvgIpc) is 2.73. The maximum atomic E-state index is 10.4. The van der Waals surface area contributed by atoms with E-state index < -0.39 is 5.60 Å². The van der Waals surface area contributed by atoms with Crippen LogP contribution in [0.3, 0.4) is 0 Å². The van der Waals surface area contributed by atoms with Crippen molar-refractivity contribution in [2.45, 2.75) is 58.7 Å². The number of aromatic hydroxyl groups is 2. The number of hydrogen-bond donors (Lipinski definition) is 3. The van der Waals surface area contributed by atoms with Crippen molar-refractivity contribution in [3.05, 3.63) is 71.8 Å². The monoisotopic (exact) mass is 396 g/mol. The van der Waals surface area contributed by atoms with E-state index in [2.05, 4.69) is 6.92 Å². The Bertz CT molecular complexity index is 863. The van der Waals surface area contributed by atoms with Crippen molar-refractivity contribution in [2.24, 2.45) is 0 Å². The molecule has 0 bridgehead atoms. The van der Waals surface area contributed by atoms with Crippen LogP contribution in [0.25, 0.3) is 5.57 Å². The predicted molar refractivity (Wildman–Crippen MR) is 118 cm³/mol. The first-order chi connectivity index (χ1) is 13.8. The van der Waals surface area contributed by atoms with Gasteiger partial charge in [-0.05, 0) is 67.2 Å². The second-order valence-corrected chi connectivity index (χ2v) is 7.25. The number of rotatable bonds is 9. The summed E-state index contributed by atoms with van der Waals surface area (Å²) in [4.78, 5) is 0. The summed E-state index contributed by atoms with van der Waals surface area (Å²) in [6.07, 6.45) is 7.77. The van der Waals surface area contributed by atoms with Crippen molar-refractivity contribution in [2.75, 3.05) is 0 Å². The van der Waals surface area contributed by atoms with E-state index in [0.29, 0.717) is 12.8 Å². The average molecular weight is 397 g/mol. The predicted octanol–water partition coefficient (Wildman–Crippen LogP) is 6.14. The summed E-state index contributed by atoms with van der Waals surface area (Å²) >= 11 is 0. The van der Waals surface area contributed by atoms with Crippen LogP contribution in [-0.2, 0) is 0 Å². The molecule has 4 heteroatoms. The van der Waals surface area contributed by atoms with Gasteiger partial charge >= 0.3 is 0 Å². The Morgan fingerprint density at radius 2 is 1.76 bits per heavy atom. The molecule has 0 heterocycles. The summed E-state index contributed by atoms with van der Waals surface area (Å²) in [6.45, 7) is 7.96. The third kappa shape index (κ3) is 6.13. The molecule has 156 valence electrons. The maximum absolute atomic E-state index is 10.4. The van der Waals surface area contributed by atoms with Crippen LogP contribution in [0.2, 0.25) is 0 Å². The van der Waals surface area contributed by atoms with Crippen LogP contribution in [0.1, 0.15) is 64.2 Å². The summed E-state index contributed by atoms with van der Waals surface area (Å²) in [6, 6.07) is 12.6. The highest BCUT2D eigenvalue weighted by atomic mass is 16.5. The largest absolute Gasteiger partial charge is 0.504 e. The lowest BCUT2D eigenvalue weighted by molar-refractivity contribution is 0.0828. The molecule has 2 aromatic carbocycles. The molecule has 0 aliphatic rings. The Balaban J connectivity index is 2.19. The third-order valence-electron chi connectivity index (χ3n) is 5.30. The van der Waals surface area contributed by atoms with E-state index in [0.717, 1.165) is 28.9 Å². The van der Waals surface area contributed by atoms with Crippen molar-refractivity contribution in [1.82, 2.24) is 0 Å². The third-order valence-corrected chi connectivity index (χ3v) is 5.30. The lowest BCUT2D eigenvalue weighted by atomic mass is 9.96. The van der Waals surface area contributed by atoms with Gasteiger partial charge in [-0.25, -0.2) is 0 Å². The van der Waals surface area contributed by atoms with E-state index in [-0.39, 0.29) is 17.6 Å². The molecule has 0 aliphatic heterocycles. The molecule has 1 atom stereocenters. The molecule has 0 spiro atoms. The molecule has 2 rings (SSSR count). The lowest BCUT2D eigenvalue weighted by Crippen LogP contribution is -2.22. The van der Waals surface area contributed by atoms with Crippen molar-refractivity contribution in [1.29, 1.82) is 0 Å². The van der Waals surface area contributed by atoms with E-state index >= 15 is 0 Å². The first kappa shape index (κ1) is 22.6. The number of benzene rings is 2. The number of aliphatic hydroxyl groups is 1. The molecule has 0 saturated heterocycles. The molecule has 0 radical (unpaired) electrons. The van der Waals surface area contributed by atoms with E-state index in [9.17, 15) is 15.3 Å². The zero-order valence-electron chi connectivity index (χ0n) is 17.7. The van der Waals surface area contributed by atoms with E-state index in [1.54, 1.807) is 6.07 Å². The molecule has 4 nitrogen and oxygen atoms in total. The molecule has 0 aliphatic carbocycles. The molecular weight excluding hydrogens is 364 g/mol. The topological polar surface area (TPSA) is 69.9 Å². The van der Waals surface area contributed by atoms with Crippen LogP contribution in [0, 0.1) is 0 Å². The molecular formula is C25H32O4. The molecule has 1 unspecified atom stereocenters. The Kier molecular flexibility index (Phi) is 7.91. The highest BCUT2D eigenvalue weighted by Crippen LogP contribution is 2.31. The van der Waals surface area contributed by atoms with Gasteiger partial charge in [0.25, 0.3) is 0 Å². The number of ether oxygens (including phenoxy) is 1. The van der Waals surface area contributed by atoms with Crippen LogP contribution in [0.5, 0.6) is 17.2 Å². The highest BCUT2D eigenvalue weighted by Gasteiger charge is 2.17. The first-order valence-corrected chi connectivity index (χ1v) is 10.2. The molecule has 2 aromatic rings. The summed E-state index contributed by atoms with van der Waals surface area (Å²) < 4.78 is 6.05. The molecule has 29 heavy (non-hydrogen) atoms. The minimum atomic E-state index is -0.759. The molecule has 0 saturated carbocycles. The minimum absolute atomic E-state index is 0.147.